The Balaban J connectivity index is 0.000000921. The third-order valence-electron chi connectivity index (χ3n) is 1.58. The van der Waals surface area contributed by atoms with Crippen LogP contribution in [-0.2, 0) is 0 Å². The van der Waals surface area contributed by atoms with E-state index >= 15 is 0 Å². The first-order valence-electron chi connectivity index (χ1n) is 5.20. The summed E-state index contributed by atoms with van der Waals surface area (Å²) in [7, 11) is 0. The lowest BCUT2D eigenvalue weighted by Gasteiger charge is -2.03. The molecule has 0 amide bonds. The van der Waals surface area contributed by atoms with Crippen LogP contribution in [0.4, 0.5) is 0 Å². The lowest BCUT2D eigenvalue weighted by atomic mass is 10.2. The molecule has 0 radical (unpaired) electrons. The van der Waals surface area contributed by atoms with Crippen LogP contribution in [0.2, 0.25) is 0 Å². The monoisotopic (exact) mass is 226 g/mol. The Kier molecular flexibility index (Phi) is 7.82. The van der Waals surface area contributed by atoms with Crippen molar-refractivity contribution in [3.8, 4) is 0 Å². The molecular weight excluding hydrogens is 208 g/mol. The Bertz CT molecular complexity index is 297. The summed E-state index contributed by atoms with van der Waals surface area (Å²) in [6, 6.07) is 7.11. The molecule has 15 heavy (non-hydrogen) atoms. The first-order chi connectivity index (χ1) is 7.25. The number of aromatic carboxylic acids is 1. The van der Waals surface area contributed by atoms with Gasteiger partial charge in [0, 0.05) is 4.90 Å². The zero-order chi connectivity index (χ0) is 11.7. The van der Waals surface area contributed by atoms with Crippen LogP contribution in [0, 0.1) is 0 Å². The van der Waals surface area contributed by atoms with Crippen molar-refractivity contribution in [3.63, 3.8) is 0 Å². The molecule has 3 heteroatoms. The number of hydrogen-bond donors (Lipinski definition) is 1. The Morgan fingerprint density at radius 3 is 2.47 bits per heavy atom. The van der Waals surface area contributed by atoms with Crippen LogP contribution >= 0.6 is 11.8 Å². The molecule has 0 saturated heterocycles. The first kappa shape index (κ1) is 14.0. The van der Waals surface area contributed by atoms with E-state index in [1.54, 1.807) is 23.9 Å². The van der Waals surface area contributed by atoms with Crippen molar-refractivity contribution in [1.82, 2.24) is 0 Å². The molecule has 0 heterocycles. The zero-order valence-electron chi connectivity index (χ0n) is 9.49. The molecule has 0 saturated carbocycles. The number of carboxylic acids is 1. The van der Waals surface area contributed by atoms with E-state index in [0.717, 1.165) is 17.1 Å². The fourth-order valence-electron chi connectivity index (χ4n) is 0.981. The van der Waals surface area contributed by atoms with Crippen LogP contribution in [0.15, 0.2) is 29.2 Å². The molecule has 0 aliphatic carbocycles. The summed E-state index contributed by atoms with van der Waals surface area (Å²) in [5.74, 6) is 0.115. The maximum atomic E-state index is 10.8. The van der Waals surface area contributed by atoms with Gasteiger partial charge in [-0.1, -0.05) is 32.9 Å². The molecule has 0 aliphatic rings. The topological polar surface area (TPSA) is 37.3 Å². The van der Waals surface area contributed by atoms with Gasteiger partial charge < -0.3 is 5.11 Å². The van der Waals surface area contributed by atoms with E-state index in [-0.39, 0.29) is 0 Å². The van der Waals surface area contributed by atoms with Gasteiger partial charge in [-0.25, -0.2) is 4.79 Å². The highest BCUT2D eigenvalue weighted by Gasteiger charge is 2.07. The van der Waals surface area contributed by atoms with Crippen molar-refractivity contribution in [3.05, 3.63) is 29.8 Å². The molecule has 0 fully saturated rings. The van der Waals surface area contributed by atoms with Crippen LogP contribution in [0.3, 0.4) is 0 Å². The smallest absolute Gasteiger partial charge is 0.336 e. The van der Waals surface area contributed by atoms with Gasteiger partial charge in [0.1, 0.15) is 0 Å². The van der Waals surface area contributed by atoms with Gasteiger partial charge in [0.15, 0.2) is 0 Å². The number of thioether (sulfide) groups is 1. The lowest BCUT2D eigenvalue weighted by molar-refractivity contribution is 0.0693. The fraction of sp³-hybridized carbons (Fsp3) is 0.417. The van der Waals surface area contributed by atoms with Gasteiger partial charge in [-0.15, -0.1) is 11.8 Å². The Morgan fingerprint density at radius 2 is 1.93 bits per heavy atom. The summed E-state index contributed by atoms with van der Waals surface area (Å²) in [6.07, 6.45) is 1.05. The van der Waals surface area contributed by atoms with Gasteiger partial charge in [-0.2, -0.15) is 0 Å². The quantitative estimate of drug-likeness (QED) is 0.791. The highest BCUT2D eigenvalue weighted by atomic mass is 32.2. The third-order valence-corrected chi connectivity index (χ3v) is 2.86. The zero-order valence-corrected chi connectivity index (χ0v) is 10.3. The summed E-state index contributed by atoms with van der Waals surface area (Å²) in [5.41, 5.74) is 0.404. The van der Waals surface area contributed by atoms with Crippen molar-refractivity contribution >= 4 is 17.7 Å². The summed E-state index contributed by atoms with van der Waals surface area (Å²) >= 11 is 1.59. The largest absolute Gasteiger partial charge is 0.478 e. The number of hydrogen-bond acceptors (Lipinski definition) is 2. The van der Waals surface area contributed by atoms with Crippen LogP contribution in [-0.4, -0.2) is 16.8 Å². The molecule has 1 aromatic rings. The first-order valence-corrected chi connectivity index (χ1v) is 6.19. The Labute approximate surface area is 95.7 Å². The summed E-state index contributed by atoms with van der Waals surface area (Å²) in [4.78, 5) is 11.6. The maximum Gasteiger partial charge on any atom is 0.336 e. The molecule has 0 aliphatic heterocycles. The van der Waals surface area contributed by atoms with E-state index < -0.39 is 5.97 Å². The molecule has 0 unspecified atom stereocenters. The molecule has 0 spiro atoms. The van der Waals surface area contributed by atoms with Crippen molar-refractivity contribution in [2.75, 3.05) is 5.75 Å². The maximum absolute atomic E-state index is 10.8. The van der Waals surface area contributed by atoms with Crippen LogP contribution in [0.5, 0.6) is 0 Å². The Hall–Kier alpha value is -0.960. The van der Waals surface area contributed by atoms with Gasteiger partial charge in [0.05, 0.1) is 5.56 Å². The van der Waals surface area contributed by atoms with Crippen molar-refractivity contribution in [2.45, 2.75) is 32.1 Å². The number of carbonyl (C=O) groups is 1. The second-order valence-electron chi connectivity index (χ2n) is 2.65. The predicted molar refractivity (Wildman–Crippen MR) is 65.8 cm³/mol. The number of rotatable bonds is 4. The van der Waals surface area contributed by atoms with Crippen molar-refractivity contribution in [1.29, 1.82) is 0 Å². The normalized spacial score (nSPS) is 9.00. The van der Waals surface area contributed by atoms with E-state index in [9.17, 15) is 4.79 Å². The SMILES string of the molecule is CC.CCCSc1ccccc1C(=O)O. The second-order valence-corrected chi connectivity index (χ2v) is 3.79. The van der Waals surface area contributed by atoms with Crippen molar-refractivity contribution < 1.29 is 9.90 Å². The minimum Gasteiger partial charge on any atom is -0.478 e. The molecule has 0 atom stereocenters. The van der Waals surface area contributed by atoms with Crippen LogP contribution in [0.1, 0.15) is 37.6 Å². The number of carboxylic acid groups (broad SMARTS) is 1. The van der Waals surface area contributed by atoms with Gasteiger partial charge in [-0.3, -0.25) is 0 Å². The number of benzene rings is 1. The van der Waals surface area contributed by atoms with E-state index in [4.69, 9.17) is 5.11 Å². The predicted octanol–water partition coefficient (Wildman–Crippen LogP) is 3.91. The molecule has 1 aromatic carbocycles. The van der Waals surface area contributed by atoms with Crippen molar-refractivity contribution in [2.24, 2.45) is 0 Å². The van der Waals surface area contributed by atoms with Gasteiger partial charge >= 0.3 is 5.97 Å². The minimum absolute atomic E-state index is 0.404. The highest BCUT2D eigenvalue weighted by molar-refractivity contribution is 7.99. The fourth-order valence-corrected chi connectivity index (χ4v) is 1.89. The molecule has 1 N–H and O–H groups in total. The van der Waals surface area contributed by atoms with E-state index in [2.05, 4.69) is 6.92 Å². The standard InChI is InChI=1S/C10H12O2S.C2H6/c1-2-7-13-9-6-4-3-5-8(9)10(11)12;1-2/h3-6H,2,7H2,1H3,(H,11,12);1-2H3. The summed E-state index contributed by atoms with van der Waals surface area (Å²) in [5, 5.41) is 8.85. The second kappa shape index (κ2) is 8.36. The van der Waals surface area contributed by atoms with E-state index in [0.29, 0.717) is 5.56 Å². The van der Waals surface area contributed by atoms with E-state index in [1.165, 1.54) is 0 Å². The average molecular weight is 226 g/mol. The van der Waals surface area contributed by atoms with Gasteiger partial charge in [0.25, 0.3) is 0 Å². The Morgan fingerprint density at radius 1 is 1.33 bits per heavy atom. The van der Waals surface area contributed by atoms with E-state index in [1.807, 2.05) is 26.0 Å². The lowest BCUT2D eigenvalue weighted by Crippen LogP contribution is -1.98. The van der Waals surface area contributed by atoms with Crippen LogP contribution < -0.4 is 0 Å². The summed E-state index contributed by atoms with van der Waals surface area (Å²) < 4.78 is 0. The molecule has 84 valence electrons. The molecule has 0 aromatic heterocycles. The third kappa shape index (κ3) is 4.88. The molecule has 0 bridgehead atoms. The van der Waals surface area contributed by atoms with Crippen LogP contribution in [0.25, 0.3) is 0 Å². The summed E-state index contributed by atoms with van der Waals surface area (Å²) in [6.45, 7) is 6.08. The van der Waals surface area contributed by atoms with Gasteiger partial charge in [-0.05, 0) is 24.3 Å². The molecule has 1 rings (SSSR count). The highest BCUT2D eigenvalue weighted by Crippen LogP contribution is 2.22. The average Bonchev–Trinajstić information content (AvgIpc) is 2.29. The molecule has 2 nitrogen and oxygen atoms in total. The molecular formula is C12H18O2S. The van der Waals surface area contributed by atoms with Gasteiger partial charge in [0.2, 0.25) is 0 Å². The minimum atomic E-state index is -0.848.